The minimum atomic E-state index is -0.741. The van der Waals surface area contributed by atoms with Gasteiger partial charge in [-0.3, -0.25) is 14.9 Å². The molecule has 174 valence electrons. The van der Waals surface area contributed by atoms with Gasteiger partial charge in [-0.15, -0.1) is 11.3 Å². The number of carbonyl (C=O) groups is 2. The van der Waals surface area contributed by atoms with Crippen molar-refractivity contribution in [1.29, 1.82) is 0 Å². The third-order valence-corrected chi connectivity index (χ3v) is 6.14. The van der Waals surface area contributed by atoms with Crippen LogP contribution in [0.15, 0.2) is 34.9 Å². The summed E-state index contributed by atoms with van der Waals surface area (Å²) in [5, 5.41) is 17.9. The van der Waals surface area contributed by atoms with Crippen LogP contribution in [-0.2, 0) is 9.53 Å². The fourth-order valence-corrected chi connectivity index (χ4v) is 4.50. The number of thiophene rings is 1. The van der Waals surface area contributed by atoms with E-state index in [1.807, 2.05) is 19.9 Å². The lowest BCUT2D eigenvalue weighted by atomic mass is 10.1. The molecule has 0 spiro atoms. The van der Waals surface area contributed by atoms with Crippen molar-refractivity contribution in [3.05, 3.63) is 67.0 Å². The summed E-state index contributed by atoms with van der Waals surface area (Å²) in [6.07, 6.45) is 0. The van der Waals surface area contributed by atoms with Gasteiger partial charge in [0.05, 0.1) is 27.3 Å². The number of carbonyl (C=O) groups excluding carboxylic acids is 2. The van der Waals surface area contributed by atoms with Gasteiger partial charge in [0.1, 0.15) is 0 Å². The molecule has 1 aromatic carbocycles. The largest absolute Gasteiger partial charge is 0.452 e. The molecule has 4 aromatic rings. The van der Waals surface area contributed by atoms with Crippen molar-refractivity contribution in [2.75, 3.05) is 11.9 Å². The molecule has 0 saturated heterocycles. The van der Waals surface area contributed by atoms with Crippen LogP contribution in [0.25, 0.3) is 22.4 Å². The number of nitrogens with one attached hydrogen (secondary N) is 1. The smallest absolute Gasteiger partial charge is 0.339 e. The Bertz CT molecular complexity index is 1460. The van der Waals surface area contributed by atoms with Crippen LogP contribution in [-0.4, -0.2) is 33.5 Å². The van der Waals surface area contributed by atoms with Crippen molar-refractivity contribution in [3.8, 4) is 11.3 Å². The van der Waals surface area contributed by atoms with Gasteiger partial charge in [0.15, 0.2) is 6.61 Å². The fourth-order valence-electron chi connectivity index (χ4n) is 3.57. The summed E-state index contributed by atoms with van der Waals surface area (Å²) in [7, 11) is 0. The number of amides is 1. The van der Waals surface area contributed by atoms with E-state index < -0.39 is 23.4 Å². The number of benzene rings is 1. The molecule has 0 bridgehead atoms. The number of aromatic nitrogens is 2. The van der Waals surface area contributed by atoms with E-state index in [0.717, 1.165) is 15.3 Å². The molecule has 0 radical (unpaired) electrons. The number of aryl methyl sites for hydroxylation is 4. The summed E-state index contributed by atoms with van der Waals surface area (Å²) < 4.78 is 10.5. The highest BCUT2D eigenvalue weighted by molar-refractivity contribution is 7.12. The molecular formula is C23H20N4O6S. The van der Waals surface area contributed by atoms with Crippen LogP contribution in [0.1, 0.15) is 31.4 Å². The first-order valence-electron chi connectivity index (χ1n) is 10.2. The normalized spacial score (nSPS) is 10.9. The van der Waals surface area contributed by atoms with E-state index in [9.17, 15) is 19.7 Å². The summed E-state index contributed by atoms with van der Waals surface area (Å²) in [5.41, 5.74) is 2.82. The van der Waals surface area contributed by atoms with E-state index in [2.05, 4.69) is 15.5 Å². The number of esters is 1. The van der Waals surface area contributed by atoms with Gasteiger partial charge in [-0.05, 0) is 45.9 Å². The highest BCUT2D eigenvalue weighted by Gasteiger charge is 2.22. The van der Waals surface area contributed by atoms with E-state index in [1.165, 1.54) is 18.2 Å². The van der Waals surface area contributed by atoms with Crippen LogP contribution in [0.5, 0.6) is 0 Å². The average Bonchev–Trinajstić information content (AvgIpc) is 3.33. The molecule has 0 fully saturated rings. The number of nitro groups is 1. The maximum absolute atomic E-state index is 12.9. The van der Waals surface area contributed by atoms with Gasteiger partial charge in [0, 0.05) is 32.6 Å². The Balaban J connectivity index is 1.55. The van der Waals surface area contributed by atoms with Gasteiger partial charge < -0.3 is 14.6 Å². The minimum Gasteiger partial charge on any atom is -0.452 e. The molecular weight excluding hydrogens is 460 g/mol. The zero-order valence-electron chi connectivity index (χ0n) is 18.8. The van der Waals surface area contributed by atoms with Gasteiger partial charge in [0.2, 0.25) is 0 Å². The number of anilines is 1. The highest BCUT2D eigenvalue weighted by Crippen LogP contribution is 2.33. The summed E-state index contributed by atoms with van der Waals surface area (Å²) in [5.74, 6) is -1.38. The van der Waals surface area contributed by atoms with Crippen molar-refractivity contribution < 1.29 is 23.8 Å². The number of nitro benzene ring substituents is 1. The number of nitrogens with zero attached hydrogens (tertiary/aromatic N) is 3. The maximum Gasteiger partial charge on any atom is 0.339 e. The number of rotatable bonds is 6. The van der Waals surface area contributed by atoms with Crippen LogP contribution >= 0.6 is 11.3 Å². The molecule has 4 rings (SSSR count). The number of hydrogen-bond acceptors (Lipinski definition) is 9. The third kappa shape index (κ3) is 4.50. The molecule has 0 aliphatic carbocycles. The van der Waals surface area contributed by atoms with Gasteiger partial charge in [-0.25, -0.2) is 9.78 Å². The quantitative estimate of drug-likeness (QED) is 0.234. The van der Waals surface area contributed by atoms with Crippen LogP contribution in [0.3, 0.4) is 0 Å². The predicted molar refractivity (Wildman–Crippen MR) is 126 cm³/mol. The number of ether oxygens (including phenoxy) is 1. The van der Waals surface area contributed by atoms with E-state index in [4.69, 9.17) is 9.26 Å². The highest BCUT2D eigenvalue weighted by atomic mass is 32.1. The van der Waals surface area contributed by atoms with E-state index in [1.54, 1.807) is 31.3 Å². The molecule has 1 amide bonds. The van der Waals surface area contributed by atoms with Crippen molar-refractivity contribution in [3.63, 3.8) is 0 Å². The Morgan fingerprint density at radius 1 is 1.18 bits per heavy atom. The lowest BCUT2D eigenvalue weighted by molar-refractivity contribution is -0.385. The summed E-state index contributed by atoms with van der Waals surface area (Å²) in [6, 6.07) is 7.88. The van der Waals surface area contributed by atoms with E-state index in [0.29, 0.717) is 22.3 Å². The predicted octanol–water partition coefficient (Wildman–Crippen LogP) is 4.89. The first kappa shape index (κ1) is 23.1. The molecule has 34 heavy (non-hydrogen) atoms. The first-order chi connectivity index (χ1) is 16.1. The van der Waals surface area contributed by atoms with Crippen molar-refractivity contribution in [2.45, 2.75) is 27.7 Å². The summed E-state index contributed by atoms with van der Waals surface area (Å²) >= 11 is 1.61. The zero-order chi connectivity index (χ0) is 24.6. The van der Waals surface area contributed by atoms with Gasteiger partial charge in [-0.2, -0.15) is 0 Å². The number of hydrogen-bond donors (Lipinski definition) is 1. The zero-order valence-corrected chi connectivity index (χ0v) is 19.6. The SMILES string of the molecule is Cc1cc(-c2cc(C(=O)OCC(=O)Nc3ccc(C)c([N+](=O)[O-])c3)c3c(C)noc3n2)c(C)s1. The second kappa shape index (κ2) is 9.02. The second-order valence-electron chi connectivity index (χ2n) is 7.71. The lowest BCUT2D eigenvalue weighted by Gasteiger charge is -2.09. The Kier molecular flexibility index (Phi) is 6.12. The molecule has 11 heteroatoms. The molecule has 0 atom stereocenters. The molecule has 0 saturated carbocycles. The van der Waals surface area contributed by atoms with Crippen molar-refractivity contribution in [1.82, 2.24) is 10.1 Å². The molecule has 3 heterocycles. The van der Waals surface area contributed by atoms with Crippen LogP contribution in [0.4, 0.5) is 11.4 Å². The number of fused-ring (bicyclic) bond motifs is 1. The molecule has 1 N–H and O–H groups in total. The standard InChI is InChI=1S/C23H20N4O6S/c1-11-5-6-15(8-19(11)27(30)31)24-20(28)10-32-23(29)17-9-18(16-7-12(2)34-14(16)4)25-22-21(17)13(3)26-33-22/h5-9H,10H2,1-4H3,(H,24,28). The first-order valence-corrected chi connectivity index (χ1v) is 11.0. The summed E-state index contributed by atoms with van der Waals surface area (Å²) in [4.78, 5) is 42.5. The van der Waals surface area contributed by atoms with Crippen LogP contribution in [0.2, 0.25) is 0 Å². The van der Waals surface area contributed by atoms with Crippen LogP contribution < -0.4 is 5.32 Å². The number of pyridine rings is 1. The Morgan fingerprint density at radius 2 is 1.94 bits per heavy atom. The Labute approximate surface area is 197 Å². The maximum atomic E-state index is 12.9. The fraction of sp³-hybridized carbons (Fsp3) is 0.217. The third-order valence-electron chi connectivity index (χ3n) is 5.18. The van der Waals surface area contributed by atoms with Crippen molar-refractivity contribution in [2.24, 2.45) is 0 Å². The molecule has 0 aliphatic heterocycles. The van der Waals surface area contributed by atoms with Gasteiger partial charge in [0.25, 0.3) is 17.3 Å². The van der Waals surface area contributed by atoms with Gasteiger partial charge >= 0.3 is 5.97 Å². The van der Waals surface area contributed by atoms with Gasteiger partial charge in [-0.1, -0.05) is 11.2 Å². The average molecular weight is 481 g/mol. The molecule has 0 unspecified atom stereocenters. The Hall–Kier alpha value is -4.12. The molecule has 0 aliphatic rings. The molecule has 10 nitrogen and oxygen atoms in total. The van der Waals surface area contributed by atoms with Crippen molar-refractivity contribution >= 4 is 45.7 Å². The van der Waals surface area contributed by atoms with Crippen LogP contribution in [0, 0.1) is 37.8 Å². The molecule has 3 aromatic heterocycles. The monoisotopic (exact) mass is 480 g/mol. The summed E-state index contributed by atoms with van der Waals surface area (Å²) in [6.45, 7) is 6.64. The topological polar surface area (TPSA) is 137 Å². The Morgan fingerprint density at radius 3 is 2.62 bits per heavy atom. The van der Waals surface area contributed by atoms with E-state index >= 15 is 0 Å². The second-order valence-corrected chi connectivity index (χ2v) is 9.17. The van der Waals surface area contributed by atoms with E-state index in [-0.39, 0.29) is 22.7 Å². The lowest BCUT2D eigenvalue weighted by Crippen LogP contribution is -2.21. The minimum absolute atomic E-state index is 0.122.